The number of fused-ring (bicyclic) bond motifs is 3. The summed E-state index contributed by atoms with van der Waals surface area (Å²) in [5, 5.41) is 9.61. The Morgan fingerprint density at radius 3 is 2.55 bits per heavy atom. The number of carbonyl (C=O) groups is 2. The summed E-state index contributed by atoms with van der Waals surface area (Å²) in [5.74, 6) is -0.932. The summed E-state index contributed by atoms with van der Waals surface area (Å²) in [4.78, 5) is 25.0. The molecule has 2 unspecified atom stereocenters. The van der Waals surface area contributed by atoms with E-state index in [2.05, 4.69) is 20.8 Å². The molecular formula is C17H20O3. The molecule has 0 amide bonds. The molecule has 0 spiro atoms. The van der Waals surface area contributed by atoms with Crippen LogP contribution >= 0.6 is 0 Å². The van der Waals surface area contributed by atoms with E-state index in [1.165, 1.54) is 6.07 Å². The lowest BCUT2D eigenvalue weighted by Crippen LogP contribution is -2.54. The number of carbonyl (C=O) groups excluding carboxylic acids is 2. The SMILES string of the molecule is CC1(C)CCCC2(C)c3ccc(O)cc3C(=O)C(=O)C12. The van der Waals surface area contributed by atoms with Crippen molar-refractivity contribution in [2.75, 3.05) is 0 Å². The van der Waals surface area contributed by atoms with Gasteiger partial charge in [-0.05, 0) is 36.0 Å². The van der Waals surface area contributed by atoms with E-state index in [0.717, 1.165) is 24.8 Å². The fourth-order valence-corrected chi connectivity index (χ4v) is 4.48. The molecule has 1 aromatic carbocycles. The second-order valence-electron chi connectivity index (χ2n) is 7.12. The van der Waals surface area contributed by atoms with Crippen LogP contribution in [0.5, 0.6) is 5.75 Å². The second kappa shape index (κ2) is 3.94. The van der Waals surface area contributed by atoms with Crippen LogP contribution in [0.3, 0.4) is 0 Å². The van der Waals surface area contributed by atoms with Crippen LogP contribution in [-0.2, 0) is 10.2 Å². The van der Waals surface area contributed by atoms with Crippen molar-refractivity contribution >= 4 is 11.6 Å². The van der Waals surface area contributed by atoms with Gasteiger partial charge in [0, 0.05) is 16.9 Å². The minimum atomic E-state index is -0.437. The smallest absolute Gasteiger partial charge is 0.229 e. The van der Waals surface area contributed by atoms with Crippen molar-refractivity contribution in [2.24, 2.45) is 11.3 Å². The molecule has 1 N–H and O–H groups in total. The van der Waals surface area contributed by atoms with Crippen LogP contribution in [0.15, 0.2) is 18.2 Å². The first-order valence-corrected chi connectivity index (χ1v) is 7.19. The third-order valence-corrected chi connectivity index (χ3v) is 5.28. The molecule has 0 aliphatic heterocycles. The van der Waals surface area contributed by atoms with Crippen LogP contribution in [-0.4, -0.2) is 16.7 Å². The molecule has 3 rings (SSSR count). The van der Waals surface area contributed by atoms with Gasteiger partial charge in [-0.3, -0.25) is 9.59 Å². The maximum atomic E-state index is 12.6. The van der Waals surface area contributed by atoms with E-state index in [4.69, 9.17) is 0 Å². The zero-order chi connectivity index (χ0) is 14.7. The Kier molecular flexibility index (Phi) is 2.63. The predicted molar refractivity (Wildman–Crippen MR) is 75.9 cm³/mol. The average molecular weight is 272 g/mol. The average Bonchev–Trinajstić information content (AvgIpc) is 2.34. The lowest BCUT2D eigenvalue weighted by Gasteiger charge is -2.52. The van der Waals surface area contributed by atoms with Gasteiger partial charge in [0.15, 0.2) is 0 Å². The highest BCUT2D eigenvalue weighted by Crippen LogP contribution is 2.55. The topological polar surface area (TPSA) is 54.4 Å². The first kappa shape index (κ1) is 13.3. The summed E-state index contributed by atoms with van der Waals surface area (Å²) in [6.45, 7) is 6.27. The number of aromatic hydroxyl groups is 1. The molecule has 0 bridgehead atoms. The van der Waals surface area contributed by atoms with Gasteiger partial charge in [0.1, 0.15) is 5.75 Å². The fourth-order valence-electron chi connectivity index (χ4n) is 4.48. The van der Waals surface area contributed by atoms with Crippen molar-refractivity contribution in [3.05, 3.63) is 29.3 Å². The van der Waals surface area contributed by atoms with Gasteiger partial charge in [0.05, 0.1) is 0 Å². The third kappa shape index (κ3) is 1.58. The van der Waals surface area contributed by atoms with E-state index < -0.39 is 5.78 Å². The van der Waals surface area contributed by atoms with Crippen LogP contribution in [0.2, 0.25) is 0 Å². The molecule has 0 heterocycles. The van der Waals surface area contributed by atoms with E-state index >= 15 is 0 Å². The Morgan fingerprint density at radius 1 is 1.15 bits per heavy atom. The largest absolute Gasteiger partial charge is 0.508 e. The molecular weight excluding hydrogens is 252 g/mol. The third-order valence-electron chi connectivity index (χ3n) is 5.28. The van der Waals surface area contributed by atoms with Crippen molar-refractivity contribution in [3.8, 4) is 5.75 Å². The van der Waals surface area contributed by atoms with Crippen molar-refractivity contribution in [1.29, 1.82) is 0 Å². The summed E-state index contributed by atoms with van der Waals surface area (Å²) in [6, 6.07) is 4.88. The highest BCUT2D eigenvalue weighted by molar-refractivity contribution is 6.46. The number of hydrogen-bond acceptors (Lipinski definition) is 3. The van der Waals surface area contributed by atoms with Crippen LogP contribution in [0.1, 0.15) is 56.0 Å². The Balaban J connectivity index is 2.27. The summed E-state index contributed by atoms with van der Waals surface area (Å²) >= 11 is 0. The molecule has 20 heavy (non-hydrogen) atoms. The highest BCUT2D eigenvalue weighted by Gasteiger charge is 2.56. The van der Waals surface area contributed by atoms with E-state index in [-0.39, 0.29) is 28.3 Å². The first-order chi connectivity index (χ1) is 9.27. The molecule has 0 radical (unpaired) electrons. The lowest BCUT2D eigenvalue weighted by atomic mass is 9.50. The summed E-state index contributed by atoms with van der Waals surface area (Å²) in [7, 11) is 0. The molecule has 0 aromatic heterocycles. The highest BCUT2D eigenvalue weighted by atomic mass is 16.3. The molecule has 106 valence electrons. The molecule has 2 atom stereocenters. The van der Waals surface area contributed by atoms with Crippen molar-refractivity contribution in [2.45, 2.75) is 45.4 Å². The molecule has 2 aliphatic rings. The number of hydrogen-bond donors (Lipinski definition) is 1. The quantitative estimate of drug-likeness (QED) is 0.738. The van der Waals surface area contributed by atoms with Gasteiger partial charge < -0.3 is 5.11 Å². The number of Topliss-reactive ketones (excluding diaryl/α,β-unsaturated/α-hetero) is 2. The summed E-state index contributed by atoms with van der Waals surface area (Å²) in [5.41, 5.74) is 0.870. The van der Waals surface area contributed by atoms with Crippen LogP contribution in [0.4, 0.5) is 0 Å². The zero-order valence-corrected chi connectivity index (χ0v) is 12.2. The van der Waals surface area contributed by atoms with Crippen molar-refractivity contribution in [1.82, 2.24) is 0 Å². The molecule has 1 aromatic rings. The zero-order valence-electron chi connectivity index (χ0n) is 12.2. The Labute approximate surface area is 119 Å². The number of phenols is 1. The van der Waals surface area contributed by atoms with Crippen LogP contribution in [0, 0.1) is 11.3 Å². The molecule has 1 saturated carbocycles. The molecule has 3 heteroatoms. The Morgan fingerprint density at radius 2 is 1.85 bits per heavy atom. The number of phenolic OH excluding ortho intramolecular Hbond substituents is 1. The molecule has 2 aliphatic carbocycles. The van der Waals surface area contributed by atoms with Gasteiger partial charge in [0.25, 0.3) is 0 Å². The van der Waals surface area contributed by atoms with Gasteiger partial charge in [-0.25, -0.2) is 0 Å². The minimum absolute atomic E-state index is 0.0435. The van der Waals surface area contributed by atoms with E-state index in [0.29, 0.717) is 5.56 Å². The minimum Gasteiger partial charge on any atom is -0.508 e. The second-order valence-corrected chi connectivity index (χ2v) is 7.12. The lowest BCUT2D eigenvalue weighted by molar-refractivity contribution is -0.128. The van der Waals surface area contributed by atoms with Gasteiger partial charge in [0.2, 0.25) is 11.6 Å². The van der Waals surface area contributed by atoms with Gasteiger partial charge in [-0.1, -0.05) is 33.3 Å². The number of rotatable bonds is 0. The monoisotopic (exact) mass is 272 g/mol. The van der Waals surface area contributed by atoms with Crippen molar-refractivity contribution < 1.29 is 14.7 Å². The summed E-state index contributed by atoms with van der Waals surface area (Å²) < 4.78 is 0. The molecule has 3 nitrogen and oxygen atoms in total. The van der Waals surface area contributed by atoms with Gasteiger partial charge in [-0.15, -0.1) is 0 Å². The number of benzene rings is 1. The van der Waals surface area contributed by atoms with Crippen LogP contribution < -0.4 is 0 Å². The maximum absolute atomic E-state index is 12.6. The standard InChI is InChI=1S/C17H20O3/c1-16(2)7-4-8-17(3)12-6-5-10(18)9-11(12)13(19)14(20)15(16)17/h5-6,9,15,18H,4,7-8H2,1-3H3. The normalized spacial score (nSPS) is 31.6. The van der Waals surface area contributed by atoms with Gasteiger partial charge in [-0.2, -0.15) is 0 Å². The Bertz CT molecular complexity index is 615. The first-order valence-electron chi connectivity index (χ1n) is 7.19. The van der Waals surface area contributed by atoms with Crippen LogP contribution in [0.25, 0.3) is 0 Å². The number of ketones is 2. The van der Waals surface area contributed by atoms with E-state index in [9.17, 15) is 14.7 Å². The Hall–Kier alpha value is -1.64. The maximum Gasteiger partial charge on any atom is 0.229 e. The molecule has 0 saturated heterocycles. The van der Waals surface area contributed by atoms with E-state index in [1.54, 1.807) is 6.07 Å². The fraction of sp³-hybridized carbons (Fsp3) is 0.529. The summed E-state index contributed by atoms with van der Waals surface area (Å²) in [6.07, 6.45) is 2.94. The molecule has 1 fully saturated rings. The van der Waals surface area contributed by atoms with Crippen molar-refractivity contribution in [3.63, 3.8) is 0 Å². The van der Waals surface area contributed by atoms with Gasteiger partial charge >= 0.3 is 0 Å². The van der Waals surface area contributed by atoms with E-state index in [1.807, 2.05) is 6.07 Å². The predicted octanol–water partition coefficient (Wildman–Crippen LogP) is 3.24.